The van der Waals surface area contributed by atoms with Gasteiger partial charge in [-0.1, -0.05) is 36.4 Å². The van der Waals surface area contributed by atoms with Gasteiger partial charge in [0.2, 0.25) is 0 Å². The zero-order valence-corrected chi connectivity index (χ0v) is 13.0. The van der Waals surface area contributed by atoms with E-state index in [9.17, 15) is 9.59 Å². The van der Waals surface area contributed by atoms with E-state index in [0.717, 1.165) is 4.90 Å². The molecular weight excluding hydrogens is 298 g/mol. The topological polar surface area (TPSA) is 55.4 Å². The van der Waals surface area contributed by atoms with E-state index in [0.29, 0.717) is 5.69 Å². The van der Waals surface area contributed by atoms with Crippen molar-refractivity contribution in [1.29, 1.82) is 0 Å². The van der Waals surface area contributed by atoms with Crippen molar-refractivity contribution in [2.24, 2.45) is 0 Å². The average Bonchev–Trinajstić information content (AvgIpc) is 2.54. The van der Waals surface area contributed by atoms with Gasteiger partial charge in [0.25, 0.3) is 5.91 Å². The molecule has 0 spiro atoms. The molecule has 2 aromatic carbocycles. The first kappa shape index (κ1) is 16.1. The van der Waals surface area contributed by atoms with E-state index in [1.807, 2.05) is 48.5 Å². The lowest BCUT2D eigenvalue weighted by molar-refractivity contribution is -0.146. The Hall–Kier alpha value is -2.27. The lowest BCUT2D eigenvalue weighted by atomic mass is 10.3. The van der Waals surface area contributed by atoms with Gasteiger partial charge in [-0.25, -0.2) is 0 Å². The van der Waals surface area contributed by atoms with Crippen LogP contribution in [0.15, 0.2) is 65.6 Å². The molecule has 114 valence electrons. The predicted molar refractivity (Wildman–Crippen MR) is 87.8 cm³/mol. The van der Waals surface area contributed by atoms with Crippen LogP contribution >= 0.6 is 11.8 Å². The number of carbonyl (C=O) groups is 2. The molecule has 0 aliphatic rings. The van der Waals surface area contributed by atoms with Gasteiger partial charge in [0.05, 0.1) is 0 Å². The Morgan fingerprint density at radius 3 is 2.27 bits per heavy atom. The molecule has 0 aliphatic carbocycles. The molecule has 1 amide bonds. The second-order valence-corrected chi connectivity index (χ2v) is 6.01. The molecule has 0 heterocycles. The Bertz CT molecular complexity index is 616. The number of amides is 1. The number of hydrogen-bond donors (Lipinski definition) is 1. The molecular formula is C17H17NO3S. The fourth-order valence-electron chi connectivity index (χ4n) is 1.72. The third-order valence-electron chi connectivity index (χ3n) is 2.79. The zero-order valence-electron chi connectivity index (χ0n) is 12.2. The Balaban J connectivity index is 1.76. The molecule has 0 aromatic heterocycles. The lowest BCUT2D eigenvalue weighted by Gasteiger charge is -2.11. The number of rotatable bonds is 6. The van der Waals surface area contributed by atoms with Gasteiger partial charge in [0.1, 0.15) is 5.25 Å². The summed E-state index contributed by atoms with van der Waals surface area (Å²) in [4.78, 5) is 24.6. The fourth-order valence-corrected chi connectivity index (χ4v) is 2.61. The van der Waals surface area contributed by atoms with Gasteiger partial charge in [0.15, 0.2) is 6.61 Å². The first-order valence-electron chi connectivity index (χ1n) is 6.88. The quantitative estimate of drug-likeness (QED) is 0.656. The summed E-state index contributed by atoms with van der Waals surface area (Å²) in [7, 11) is 0. The van der Waals surface area contributed by atoms with Crippen LogP contribution < -0.4 is 5.32 Å². The van der Waals surface area contributed by atoms with Crippen molar-refractivity contribution in [3.63, 3.8) is 0 Å². The van der Waals surface area contributed by atoms with Crippen LogP contribution in [0.4, 0.5) is 5.69 Å². The highest BCUT2D eigenvalue weighted by molar-refractivity contribution is 8.00. The van der Waals surface area contributed by atoms with Crippen LogP contribution in [0, 0.1) is 0 Å². The number of thioether (sulfide) groups is 1. The van der Waals surface area contributed by atoms with Crippen LogP contribution in [0.25, 0.3) is 0 Å². The van der Waals surface area contributed by atoms with Crippen LogP contribution in [-0.2, 0) is 14.3 Å². The molecule has 0 fully saturated rings. The van der Waals surface area contributed by atoms with Crippen molar-refractivity contribution in [3.8, 4) is 0 Å². The number of hydrogen-bond acceptors (Lipinski definition) is 4. The number of nitrogens with one attached hydrogen (secondary N) is 1. The lowest BCUT2D eigenvalue weighted by Crippen LogP contribution is -2.24. The normalized spacial score (nSPS) is 11.5. The Kier molecular flexibility index (Phi) is 6.03. The van der Waals surface area contributed by atoms with Gasteiger partial charge in [-0.3, -0.25) is 9.59 Å². The SMILES string of the molecule is C[C@H](Sc1ccccc1)C(=O)OCC(=O)Nc1ccccc1. The van der Waals surface area contributed by atoms with Crippen LogP contribution in [0.5, 0.6) is 0 Å². The van der Waals surface area contributed by atoms with E-state index in [1.54, 1.807) is 19.1 Å². The summed E-state index contributed by atoms with van der Waals surface area (Å²) >= 11 is 1.40. The monoisotopic (exact) mass is 315 g/mol. The molecule has 1 atom stereocenters. The van der Waals surface area contributed by atoms with Crippen LogP contribution in [-0.4, -0.2) is 23.7 Å². The minimum atomic E-state index is -0.405. The molecule has 2 aromatic rings. The summed E-state index contributed by atoms with van der Waals surface area (Å²) in [5.74, 6) is -0.756. The summed E-state index contributed by atoms with van der Waals surface area (Å²) in [6, 6.07) is 18.6. The number of para-hydroxylation sites is 1. The maximum absolute atomic E-state index is 11.9. The summed E-state index contributed by atoms with van der Waals surface area (Å²) in [6.07, 6.45) is 0. The van der Waals surface area contributed by atoms with Gasteiger partial charge in [-0.2, -0.15) is 0 Å². The minimum Gasteiger partial charge on any atom is -0.455 e. The molecule has 0 aliphatic heterocycles. The molecule has 22 heavy (non-hydrogen) atoms. The molecule has 1 N–H and O–H groups in total. The smallest absolute Gasteiger partial charge is 0.319 e. The minimum absolute atomic E-state index is 0.284. The van der Waals surface area contributed by atoms with Crippen molar-refractivity contribution >= 4 is 29.3 Å². The first-order chi connectivity index (χ1) is 10.6. The molecule has 0 saturated heterocycles. The Morgan fingerprint density at radius 2 is 1.64 bits per heavy atom. The van der Waals surface area contributed by atoms with Crippen molar-refractivity contribution in [3.05, 3.63) is 60.7 Å². The van der Waals surface area contributed by atoms with E-state index in [4.69, 9.17) is 4.74 Å². The van der Waals surface area contributed by atoms with E-state index in [-0.39, 0.29) is 17.8 Å². The van der Waals surface area contributed by atoms with Crippen molar-refractivity contribution in [2.75, 3.05) is 11.9 Å². The van der Waals surface area contributed by atoms with Gasteiger partial charge in [0, 0.05) is 10.6 Å². The predicted octanol–water partition coefficient (Wildman–Crippen LogP) is 3.35. The third-order valence-corrected chi connectivity index (χ3v) is 3.88. The molecule has 0 radical (unpaired) electrons. The Morgan fingerprint density at radius 1 is 1.05 bits per heavy atom. The van der Waals surface area contributed by atoms with E-state index >= 15 is 0 Å². The summed E-state index contributed by atoms with van der Waals surface area (Å²) < 4.78 is 5.04. The summed E-state index contributed by atoms with van der Waals surface area (Å²) in [6.45, 7) is 1.47. The number of carbonyl (C=O) groups excluding carboxylic acids is 2. The fraction of sp³-hybridized carbons (Fsp3) is 0.176. The maximum atomic E-state index is 11.9. The van der Waals surface area contributed by atoms with Gasteiger partial charge >= 0.3 is 5.97 Å². The van der Waals surface area contributed by atoms with Crippen molar-refractivity contribution in [2.45, 2.75) is 17.1 Å². The summed E-state index contributed by atoms with van der Waals surface area (Å²) in [5.41, 5.74) is 0.676. The highest BCUT2D eigenvalue weighted by atomic mass is 32.2. The molecule has 0 unspecified atom stereocenters. The maximum Gasteiger partial charge on any atom is 0.319 e. The summed E-state index contributed by atoms with van der Waals surface area (Å²) in [5, 5.41) is 2.29. The van der Waals surface area contributed by atoms with Gasteiger partial charge in [-0.05, 0) is 31.2 Å². The van der Waals surface area contributed by atoms with Crippen molar-refractivity contribution in [1.82, 2.24) is 0 Å². The third kappa shape index (κ3) is 5.26. The number of benzene rings is 2. The number of anilines is 1. The van der Waals surface area contributed by atoms with Crippen LogP contribution in [0.3, 0.4) is 0 Å². The average molecular weight is 315 g/mol. The highest BCUT2D eigenvalue weighted by Crippen LogP contribution is 2.23. The second-order valence-electron chi connectivity index (χ2n) is 4.60. The van der Waals surface area contributed by atoms with E-state index < -0.39 is 5.97 Å². The van der Waals surface area contributed by atoms with E-state index in [1.165, 1.54) is 11.8 Å². The highest BCUT2D eigenvalue weighted by Gasteiger charge is 2.17. The van der Waals surface area contributed by atoms with Crippen LogP contribution in [0.1, 0.15) is 6.92 Å². The molecule has 4 nitrogen and oxygen atoms in total. The van der Waals surface area contributed by atoms with E-state index in [2.05, 4.69) is 5.32 Å². The first-order valence-corrected chi connectivity index (χ1v) is 7.76. The molecule has 2 rings (SSSR count). The van der Waals surface area contributed by atoms with Gasteiger partial charge < -0.3 is 10.1 Å². The standard InChI is InChI=1S/C17H17NO3S/c1-13(22-15-10-6-3-7-11-15)17(20)21-12-16(19)18-14-8-4-2-5-9-14/h2-11,13H,12H2,1H3,(H,18,19)/t13-/m0/s1. The zero-order chi connectivity index (χ0) is 15.8. The largest absolute Gasteiger partial charge is 0.455 e. The Labute approximate surface area is 133 Å². The molecule has 5 heteroatoms. The molecule has 0 bridgehead atoms. The van der Waals surface area contributed by atoms with Crippen LogP contribution in [0.2, 0.25) is 0 Å². The number of ether oxygens (including phenoxy) is 1. The molecule has 0 saturated carbocycles. The van der Waals surface area contributed by atoms with Gasteiger partial charge in [-0.15, -0.1) is 11.8 Å². The van der Waals surface area contributed by atoms with Crippen molar-refractivity contribution < 1.29 is 14.3 Å². The number of esters is 1. The second kappa shape index (κ2) is 8.24.